The van der Waals surface area contributed by atoms with E-state index in [1.54, 1.807) is 18.3 Å². The predicted molar refractivity (Wildman–Crippen MR) is 109 cm³/mol. The molecule has 1 unspecified atom stereocenters. The zero-order valence-corrected chi connectivity index (χ0v) is 15.4. The van der Waals surface area contributed by atoms with E-state index in [9.17, 15) is 4.79 Å². The second-order valence-electron chi connectivity index (χ2n) is 6.75. The van der Waals surface area contributed by atoms with Crippen molar-refractivity contribution in [3.63, 3.8) is 0 Å². The summed E-state index contributed by atoms with van der Waals surface area (Å²) in [6.45, 7) is 0. The Morgan fingerprint density at radius 1 is 0.963 bits per heavy atom. The third kappa shape index (κ3) is 3.51. The number of halogens is 1. The van der Waals surface area contributed by atoms with E-state index >= 15 is 0 Å². The van der Waals surface area contributed by atoms with E-state index in [1.807, 2.05) is 48.5 Å². The van der Waals surface area contributed by atoms with Crippen LogP contribution < -0.4 is 5.43 Å². The number of hydrogen-bond donors (Lipinski definition) is 1. The largest absolute Gasteiger partial charge is 0.273 e. The molecule has 3 aromatic carbocycles. The average molecular weight is 375 g/mol. The lowest BCUT2D eigenvalue weighted by molar-refractivity contribution is -0.122. The van der Waals surface area contributed by atoms with Crippen molar-refractivity contribution >= 4 is 23.7 Å². The van der Waals surface area contributed by atoms with Crippen LogP contribution in [0.4, 0.5) is 0 Å². The van der Waals surface area contributed by atoms with Crippen LogP contribution in [0.2, 0.25) is 5.02 Å². The van der Waals surface area contributed by atoms with E-state index in [4.69, 9.17) is 11.6 Å². The summed E-state index contributed by atoms with van der Waals surface area (Å²) < 4.78 is 0. The van der Waals surface area contributed by atoms with Crippen LogP contribution in [0, 0.1) is 5.92 Å². The summed E-state index contributed by atoms with van der Waals surface area (Å²) in [6.07, 6.45) is 2.39. The molecule has 4 heteroatoms. The third-order valence-corrected chi connectivity index (χ3v) is 5.33. The Hall–Kier alpha value is -2.91. The van der Waals surface area contributed by atoms with E-state index in [0.29, 0.717) is 5.02 Å². The number of hydrogen-bond acceptors (Lipinski definition) is 2. The monoisotopic (exact) mass is 374 g/mol. The first kappa shape index (κ1) is 17.5. The summed E-state index contributed by atoms with van der Waals surface area (Å²) in [6, 6.07) is 27.8. The van der Waals surface area contributed by atoms with Crippen molar-refractivity contribution in [1.82, 2.24) is 5.43 Å². The van der Waals surface area contributed by atoms with E-state index in [-0.39, 0.29) is 17.2 Å². The van der Waals surface area contributed by atoms with Crippen LogP contribution >= 0.6 is 11.6 Å². The lowest BCUT2D eigenvalue weighted by Crippen LogP contribution is -2.25. The molecule has 1 aliphatic carbocycles. The van der Waals surface area contributed by atoms with Gasteiger partial charge in [0.15, 0.2) is 0 Å². The van der Waals surface area contributed by atoms with E-state index in [1.165, 1.54) is 0 Å². The molecule has 3 nitrogen and oxygen atoms in total. The molecule has 1 N–H and O–H groups in total. The van der Waals surface area contributed by atoms with Gasteiger partial charge >= 0.3 is 0 Å². The molecule has 0 aliphatic heterocycles. The topological polar surface area (TPSA) is 41.5 Å². The normalized spacial score (nSPS) is 17.6. The Morgan fingerprint density at radius 2 is 1.59 bits per heavy atom. The predicted octanol–water partition coefficient (Wildman–Crippen LogP) is 4.80. The second-order valence-corrected chi connectivity index (χ2v) is 7.19. The number of benzene rings is 3. The standard InChI is InChI=1S/C23H19ClN2O/c24-20-13-7-8-17(14-20)16-25-26-22(27)21-15-23(21,18-9-3-1-4-10-18)19-11-5-2-6-12-19/h1-14,16,21H,15H2,(H,26,27)/b25-16+. The van der Waals surface area contributed by atoms with E-state index < -0.39 is 0 Å². The van der Waals surface area contributed by atoms with Crippen molar-refractivity contribution < 1.29 is 4.79 Å². The Bertz CT molecular complexity index is 930. The van der Waals surface area contributed by atoms with Gasteiger partial charge in [0, 0.05) is 10.4 Å². The molecule has 4 rings (SSSR count). The van der Waals surface area contributed by atoms with Crippen LogP contribution in [0.1, 0.15) is 23.1 Å². The van der Waals surface area contributed by atoms with Gasteiger partial charge < -0.3 is 0 Å². The smallest absolute Gasteiger partial charge is 0.244 e. The molecule has 1 saturated carbocycles. The van der Waals surface area contributed by atoms with Crippen LogP contribution in [-0.2, 0) is 10.2 Å². The minimum atomic E-state index is -0.280. The quantitative estimate of drug-likeness (QED) is 0.506. The highest BCUT2D eigenvalue weighted by Crippen LogP contribution is 2.58. The van der Waals surface area contributed by atoms with Gasteiger partial charge in [0.05, 0.1) is 12.1 Å². The first-order chi connectivity index (χ1) is 13.2. The molecule has 0 radical (unpaired) electrons. The molecule has 27 heavy (non-hydrogen) atoms. The van der Waals surface area contributed by atoms with Gasteiger partial charge in [0.2, 0.25) is 5.91 Å². The van der Waals surface area contributed by atoms with Crippen molar-refractivity contribution in [1.29, 1.82) is 0 Å². The maximum absolute atomic E-state index is 12.8. The van der Waals surface area contributed by atoms with Gasteiger partial charge in [0.25, 0.3) is 0 Å². The summed E-state index contributed by atoms with van der Waals surface area (Å²) in [7, 11) is 0. The Morgan fingerprint density at radius 3 is 2.19 bits per heavy atom. The fraction of sp³-hybridized carbons (Fsp3) is 0.130. The fourth-order valence-corrected chi connectivity index (χ4v) is 3.89. The van der Waals surface area contributed by atoms with Gasteiger partial charge in [-0.1, -0.05) is 84.4 Å². The molecule has 0 heterocycles. The number of amides is 1. The van der Waals surface area contributed by atoms with Gasteiger partial charge in [-0.05, 0) is 35.2 Å². The zero-order valence-electron chi connectivity index (χ0n) is 14.7. The average Bonchev–Trinajstić information content (AvgIpc) is 3.47. The summed E-state index contributed by atoms with van der Waals surface area (Å²) in [5.74, 6) is -0.209. The van der Waals surface area contributed by atoms with Crippen molar-refractivity contribution in [3.05, 3.63) is 107 Å². The van der Waals surface area contributed by atoms with Crippen molar-refractivity contribution in [2.75, 3.05) is 0 Å². The molecule has 0 saturated heterocycles. The molecule has 0 spiro atoms. The number of nitrogens with one attached hydrogen (secondary N) is 1. The minimum Gasteiger partial charge on any atom is -0.273 e. The van der Waals surface area contributed by atoms with Gasteiger partial charge in [-0.2, -0.15) is 5.10 Å². The Balaban J connectivity index is 1.54. The van der Waals surface area contributed by atoms with Gasteiger partial charge in [-0.25, -0.2) is 5.43 Å². The SMILES string of the molecule is O=C(N/N=C/c1cccc(Cl)c1)C1CC1(c1ccccc1)c1ccccc1. The second kappa shape index (κ2) is 7.37. The summed E-state index contributed by atoms with van der Waals surface area (Å²) in [5, 5.41) is 4.75. The van der Waals surface area contributed by atoms with Gasteiger partial charge in [0.1, 0.15) is 0 Å². The van der Waals surface area contributed by atoms with Gasteiger partial charge in [-0.15, -0.1) is 0 Å². The van der Waals surface area contributed by atoms with E-state index in [2.05, 4.69) is 34.8 Å². The maximum Gasteiger partial charge on any atom is 0.244 e. The maximum atomic E-state index is 12.8. The molecular formula is C23H19ClN2O. The number of rotatable bonds is 5. The molecular weight excluding hydrogens is 356 g/mol. The molecule has 1 aliphatic rings. The lowest BCUT2D eigenvalue weighted by atomic mass is 9.85. The number of hydrazone groups is 1. The van der Waals surface area contributed by atoms with Crippen molar-refractivity contribution in [2.24, 2.45) is 11.0 Å². The summed E-state index contributed by atoms with van der Waals surface area (Å²) >= 11 is 5.97. The highest BCUT2D eigenvalue weighted by Gasteiger charge is 2.60. The highest BCUT2D eigenvalue weighted by atomic mass is 35.5. The number of carbonyl (C=O) groups is 1. The molecule has 134 valence electrons. The fourth-order valence-electron chi connectivity index (χ4n) is 3.69. The van der Waals surface area contributed by atoms with Crippen molar-refractivity contribution in [2.45, 2.75) is 11.8 Å². The highest BCUT2D eigenvalue weighted by molar-refractivity contribution is 6.30. The van der Waals surface area contributed by atoms with Crippen LogP contribution in [0.15, 0.2) is 90.0 Å². The first-order valence-corrected chi connectivity index (χ1v) is 9.27. The molecule has 1 amide bonds. The lowest BCUT2D eigenvalue weighted by Gasteiger charge is -2.18. The molecule has 0 aromatic heterocycles. The molecule has 1 fully saturated rings. The molecule has 3 aromatic rings. The number of carbonyl (C=O) groups excluding carboxylic acids is 1. The van der Waals surface area contributed by atoms with Crippen molar-refractivity contribution in [3.8, 4) is 0 Å². The summed E-state index contributed by atoms with van der Waals surface area (Å²) in [5.41, 5.74) is 5.58. The van der Waals surface area contributed by atoms with Crippen LogP contribution in [0.5, 0.6) is 0 Å². The Labute approximate surface area is 163 Å². The molecule has 0 bridgehead atoms. The van der Waals surface area contributed by atoms with E-state index in [0.717, 1.165) is 23.1 Å². The van der Waals surface area contributed by atoms with Crippen LogP contribution in [0.25, 0.3) is 0 Å². The van der Waals surface area contributed by atoms with Crippen LogP contribution in [0.3, 0.4) is 0 Å². The van der Waals surface area contributed by atoms with Gasteiger partial charge in [-0.3, -0.25) is 4.79 Å². The van der Waals surface area contributed by atoms with Crippen LogP contribution in [-0.4, -0.2) is 12.1 Å². The molecule has 1 atom stereocenters. The zero-order chi connectivity index (χ0) is 18.7. The summed E-state index contributed by atoms with van der Waals surface area (Å²) in [4.78, 5) is 12.8. The third-order valence-electron chi connectivity index (χ3n) is 5.09. The number of nitrogens with zero attached hydrogens (tertiary/aromatic N) is 1. The Kier molecular flexibility index (Phi) is 4.78. The first-order valence-electron chi connectivity index (χ1n) is 8.90. The minimum absolute atomic E-state index is 0.0685.